The lowest BCUT2D eigenvalue weighted by Gasteiger charge is -2.17. The monoisotopic (exact) mass is 233 g/mol. The lowest BCUT2D eigenvalue weighted by molar-refractivity contribution is -0.119. The standard InChI is InChI=1S/C12H15N3O2/c1-15(12(16)9-2-3-9)10-6-4-8(5-7-10)11(13)14-17/h4-7,9,17H,2-3H2,1H3,(H2,13,14). The number of hydrogen-bond acceptors (Lipinski definition) is 3. The Balaban J connectivity index is 2.14. The Bertz CT molecular complexity index is 449. The Hall–Kier alpha value is -2.04. The highest BCUT2D eigenvalue weighted by Gasteiger charge is 2.32. The molecule has 0 heterocycles. The summed E-state index contributed by atoms with van der Waals surface area (Å²) in [4.78, 5) is 13.5. The highest BCUT2D eigenvalue weighted by Crippen LogP contribution is 2.32. The Morgan fingerprint density at radius 3 is 2.47 bits per heavy atom. The minimum absolute atomic E-state index is 0.0627. The summed E-state index contributed by atoms with van der Waals surface area (Å²) in [5, 5.41) is 11.5. The van der Waals surface area contributed by atoms with E-state index in [0.29, 0.717) is 5.56 Å². The van der Waals surface area contributed by atoms with Crippen molar-refractivity contribution in [3.63, 3.8) is 0 Å². The van der Waals surface area contributed by atoms with Gasteiger partial charge in [0, 0.05) is 24.2 Å². The molecule has 1 aromatic carbocycles. The molecule has 1 saturated carbocycles. The van der Waals surface area contributed by atoms with Crippen molar-refractivity contribution < 1.29 is 10.0 Å². The summed E-state index contributed by atoms with van der Waals surface area (Å²) in [6.45, 7) is 0. The quantitative estimate of drug-likeness (QED) is 0.356. The van der Waals surface area contributed by atoms with E-state index in [1.54, 1.807) is 36.2 Å². The number of nitrogens with two attached hydrogens (primary N) is 1. The van der Waals surface area contributed by atoms with Crippen LogP contribution in [-0.4, -0.2) is 24.0 Å². The zero-order chi connectivity index (χ0) is 12.4. The van der Waals surface area contributed by atoms with Gasteiger partial charge in [-0.15, -0.1) is 0 Å². The average Bonchev–Trinajstić information content (AvgIpc) is 3.20. The van der Waals surface area contributed by atoms with E-state index >= 15 is 0 Å². The second kappa shape index (κ2) is 4.45. The fourth-order valence-corrected chi connectivity index (χ4v) is 1.64. The maximum Gasteiger partial charge on any atom is 0.229 e. The molecule has 1 aliphatic carbocycles. The highest BCUT2D eigenvalue weighted by molar-refractivity contribution is 5.99. The highest BCUT2D eigenvalue weighted by atomic mass is 16.4. The third-order valence-corrected chi connectivity index (χ3v) is 2.92. The van der Waals surface area contributed by atoms with Gasteiger partial charge in [0.1, 0.15) is 0 Å². The molecule has 0 unspecified atom stereocenters. The number of amides is 1. The van der Waals surface area contributed by atoms with Crippen LogP contribution in [0.4, 0.5) is 5.69 Å². The third kappa shape index (κ3) is 2.38. The van der Waals surface area contributed by atoms with Gasteiger partial charge in [0.15, 0.2) is 5.84 Å². The molecule has 0 aromatic heterocycles. The van der Waals surface area contributed by atoms with Gasteiger partial charge < -0.3 is 15.8 Å². The van der Waals surface area contributed by atoms with E-state index in [9.17, 15) is 4.79 Å². The van der Waals surface area contributed by atoms with Gasteiger partial charge >= 0.3 is 0 Å². The van der Waals surface area contributed by atoms with Crippen molar-refractivity contribution in [3.8, 4) is 0 Å². The van der Waals surface area contributed by atoms with Gasteiger partial charge in [-0.2, -0.15) is 0 Å². The molecule has 5 nitrogen and oxygen atoms in total. The summed E-state index contributed by atoms with van der Waals surface area (Å²) in [5.74, 6) is 0.415. The average molecular weight is 233 g/mol. The molecule has 0 radical (unpaired) electrons. The fraction of sp³-hybridized carbons (Fsp3) is 0.333. The Morgan fingerprint density at radius 2 is 2.00 bits per heavy atom. The zero-order valence-electron chi connectivity index (χ0n) is 9.63. The van der Waals surface area contributed by atoms with E-state index in [1.165, 1.54) is 0 Å². The molecular formula is C12H15N3O2. The van der Waals surface area contributed by atoms with Crippen molar-refractivity contribution in [2.45, 2.75) is 12.8 Å². The maximum absolute atomic E-state index is 11.8. The zero-order valence-corrected chi connectivity index (χ0v) is 9.63. The predicted octanol–water partition coefficient (Wildman–Crippen LogP) is 1.15. The van der Waals surface area contributed by atoms with E-state index < -0.39 is 0 Å². The van der Waals surface area contributed by atoms with Crippen LogP contribution >= 0.6 is 0 Å². The molecule has 2 rings (SSSR count). The van der Waals surface area contributed by atoms with Gasteiger partial charge in [0.05, 0.1) is 0 Å². The number of anilines is 1. The van der Waals surface area contributed by atoms with E-state index in [-0.39, 0.29) is 17.7 Å². The van der Waals surface area contributed by atoms with Gasteiger partial charge in [-0.1, -0.05) is 5.16 Å². The van der Waals surface area contributed by atoms with Crippen LogP contribution in [0.1, 0.15) is 18.4 Å². The number of carbonyl (C=O) groups excluding carboxylic acids is 1. The molecule has 1 aliphatic rings. The van der Waals surface area contributed by atoms with Crippen molar-refractivity contribution in [3.05, 3.63) is 29.8 Å². The number of amidine groups is 1. The number of oxime groups is 1. The molecule has 0 saturated heterocycles. The van der Waals surface area contributed by atoms with Gasteiger partial charge in [0.2, 0.25) is 5.91 Å². The number of benzene rings is 1. The molecule has 17 heavy (non-hydrogen) atoms. The third-order valence-electron chi connectivity index (χ3n) is 2.92. The molecule has 0 spiro atoms. The topological polar surface area (TPSA) is 78.9 Å². The van der Waals surface area contributed by atoms with Crippen molar-refractivity contribution in [1.82, 2.24) is 0 Å². The van der Waals surface area contributed by atoms with Crippen molar-refractivity contribution in [2.24, 2.45) is 16.8 Å². The van der Waals surface area contributed by atoms with Crippen LogP contribution in [-0.2, 0) is 4.79 Å². The van der Waals surface area contributed by atoms with E-state index in [1.807, 2.05) is 0 Å². The Labute approximate surface area is 99.5 Å². The summed E-state index contributed by atoms with van der Waals surface area (Å²) in [6, 6.07) is 7.02. The van der Waals surface area contributed by atoms with Crippen LogP contribution < -0.4 is 10.6 Å². The first kappa shape index (κ1) is 11.4. The second-order valence-electron chi connectivity index (χ2n) is 4.20. The lowest BCUT2D eigenvalue weighted by Crippen LogP contribution is -2.27. The van der Waals surface area contributed by atoms with Crippen molar-refractivity contribution in [1.29, 1.82) is 0 Å². The number of nitrogens with zero attached hydrogens (tertiary/aromatic N) is 2. The first-order chi connectivity index (χ1) is 8.13. The Kier molecular flexibility index (Phi) is 2.99. The van der Waals surface area contributed by atoms with Crippen molar-refractivity contribution >= 4 is 17.4 Å². The summed E-state index contributed by atoms with van der Waals surface area (Å²) in [6.07, 6.45) is 1.98. The van der Waals surface area contributed by atoms with Crippen LogP contribution in [0.25, 0.3) is 0 Å². The molecule has 5 heteroatoms. The summed E-state index contributed by atoms with van der Waals surface area (Å²) in [5.41, 5.74) is 6.90. The van der Waals surface area contributed by atoms with E-state index in [2.05, 4.69) is 5.16 Å². The SMILES string of the molecule is CN(C(=O)C1CC1)c1ccc(/C(N)=N/O)cc1. The van der Waals surface area contributed by atoms with Gasteiger partial charge in [0.25, 0.3) is 0 Å². The maximum atomic E-state index is 11.8. The lowest BCUT2D eigenvalue weighted by atomic mass is 10.2. The second-order valence-corrected chi connectivity index (χ2v) is 4.20. The smallest absolute Gasteiger partial charge is 0.229 e. The van der Waals surface area contributed by atoms with Crippen LogP contribution in [0.15, 0.2) is 29.4 Å². The molecule has 1 amide bonds. The van der Waals surface area contributed by atoms with E-state index in [0.717, 1.165) is 18.5 Å². The molecule has 0 atom stereocenters. The first-order valence-corrected chi connectivity index (χ1v) is 5.49. The summed E-state index contributed by atoms with van der Waals surface area (Å²) < 4.78 is 0. The summed E-state index contributed by atoms with van der Waals surface area (Å²) >= 11 is 0. The van der Waals surface area contributed by atoms with Gasteiger partial charge in [-0.05, 0) is 37.1 Å². The number of hydrogen-bond donors (Lipinski definition) is 2. The largest absolute Gasteiger partial charge is 0.409 e. The van der Waals surface area contributed by atoms with Gasteiger partial charge in [-0.3, -0.25) is 4.79 Å². The number of carbonyl (C=O) groups is 1. The first-order valence-electron chi connectivity index (χ1n) is 5.49. The van der Waals surface area contributed by atoms with Crippen LogP contribution in [0.2, 0.25) is 0 Å². The molecule has 0 aliphatic heterocycles. The normalized spacial score (nSPS) is 15.7. The van der Waals surface area contributed by atoms with Crippen LogP contribution in [0.3, 0.4) is 0 Å². The minimum atomic E-state index is 0.0627. The number of rotatable bonds is 3. The molecule has 3 N–H and O–H groups in total. The molecule has 90 valence electrons. The van der Waals surface area contributed by atoms with E-state index in [4.69, 9.17) is 10.9 Å². The molecular weight excluding hydrogens is 218 g/mol. The van der Waals surface area contributed by atoms with Crippen LogP contribution in [0, 0.1) is 5.92 Å². The Morgan fingerprint density at radius 1 is 1.41 bits per heavy atom. The fourth-order valence-electron chi connectivity index (χ4n) is 1.64. The van der Waals surface area contributed by atoms with Gasteiger partial charge in [-0.25, -0.2) is 0 Å². The van der Waals surface area contributed by atoms with Crippen LogP contribution in [0.5, 0.6) is 0 Å². The van der Waals surface area contributed by atoms with Crippen molar-refractivity contribution in [2.75, 3.05) is 11.9 Å². The predicted molar refractivity (Wildman–Crippen MR) is 65.1 cm³/mol. The molecule has 1 fully saturated rings. The molecule has 1 aromatic rings. The minimum Gasteiger partial charge on any atom is -0.409 e. The molecule has 0 bridgehead atoms. The summed E-state index contributed by atoms with van der Waals surface area (Å²) in [7, 11) is 1.76.